The van der Waals surface area contributed by atoms with Gasteiger partial charge in [0.15, 0.2) is 0 Å². The first-order valence-electron chi connectivity index (χ1n) is 6.82. The molecule has 0 unspecified atom stereocenters. The van der Waals surface area contributed by atoms with Crippen LogP contribution in [0.2, 0.25) is 0 Å². The van der Waals surface area contributed by atoms with Gasteiger partial charge in [-0.2, -0.15) is 0 Å². The lowest BCUT2D eigenvalue weighted by molar-refractivity contribution is 0.0687. The monoisotopic (exact) mass is 266 g/mol. The molecule has 0 aromatic heterocycles. The molecule has 1 N–H and O–H groups in total. The Hall–Kier alpha value is -1.71. The summed E-state index contributed by atoms with van der Waals surface area (Å²) in [5.74, 6) is -0.247. The molecule has 19 heavy (non-hydrogen) atoms. The Labute approximate surface area is 114 Å². The van der Waals surface area contributed by atoms with E-state index in [0.717, 1.165) is 25.7 Å². The number of rotatable bonds is 9. The Morgan fingerprint density at radius 3 is 1.89 bits per heavy atom. The zero-order valence-corrected chi connectivity index (χ0v) is 11.6. The van der Waals surface area contributed by atoms with Gasteiger partial charge in [0.25, 0.3) is 0 Å². The van der Waals surface area contributed by atoms with Crippen LogP contribution in [0.15, 0.2) is 18.2 Å². The minimum Gasteiger partial charge on any atom is -0.493 e. The zero-order chi connectivity index (χ0) is 14.1. The van der Waals surface area contributed by atoms with Crippen LogP contribution in [0.4, 0.5) is 0 Å². The number of carboxylic acids is 1. The van der Waals surface area contributed by atoms with Crippen molar-refractivity contribution in [2.45, 2.75) is 39.5 Å². The maximum atomic E-state index is 11.3. The van der Waals surface area contributed by atoms with Crippen molar-refractivity contribution in [3.8, 4) is 11.5 Å². The van der Waals surface area contributed by atoms with E-state index < -0.39 is 5.97 Å². The van der Waals surface area contributed by atoms with Crippen molar-refractivity contribution in [1.82, 2.24) is 0 Å². The van der Waals surface area contributed by atoms with Gasteiger partial charge in [0.05, 0.1) is 13.2 Å². The van der Waals surface area contributed by atoms with Gasteiger partial charge in [-0.1, -0.05) is 32.8 Å². The number of benzene rings is 1. The number of aromatic carboxylic acids is 1. The highest BCUT2D eigenvalue weighted by Crippen LogP contribution is 2.29. The maximum Gasteiger partial charge on any atom is 0.343 e. The van der Waals surface area contributed by atoms with Gasteiger partial charge < -0.3 is 14.6 Å². The first kappa shape index (κ1) is 15.3. The van der Waals surface area contributed by atoms with Crippen molar-refractivity contribution in [2.24, 2.45) is 0 Å². The minimum absolute atomic E-state index is 0.120. The van der Waals surface area contributed by atoms with Gasteiger partial charge in [-0.05, 0) is 25.0 Å². The third kappa shape index (κ3) is 4.81. The van der Waals surface area contributed by atoms with Crippen LogP contribution in [0.3, 0.4) is 0 Å². The van der Waals surface area contributed by atoms with E-state index in [-0.39, 0.29) is 5.56 Å². The summed E-state index contributed by atoms with van der Waals surface area (Å²) in [5, 5.41) is 9.30. The molecule has 1 aromatic carbocycles. The molecule has 0 aliphatic carbocycles. The zero-order valence-electron chi connectivity index (χ0n) is 11.6. The molecule has 0 heterocycles. The molecular formula is C15H22O4. The van der Waals surface area contributed by atoms with E-state index >= 15 is 0 Å². The molecule has 4 nitrogen and oxygen atoms in total. The van der Waals surface area contributed by atoms with Gasteiger partial charge in [-0.25, -0.2) is 4.79 Å². The van der Waals surface area contributed by atoms with Crippen molar-refractivity contribution in [3.05, 3.63) is 23.8 Å². The van der Waals surface area contributed by atoms with Crippen molar-refractivity contribution < 1.29 is 19.4 Å². The molecule has 0 radical (unpaired) electrons. The van der Waals surface area contributed by atoms with Gasteiger partial charge in [0.1, 0.15) is 17.1 Å². The summed E-state index contributed by atoms with van der Waals surface area (Å²) >= 11 is 0. The summed E-state index contributed by atoms with van der Waals surface area (Å²) in [6.45, 7) is 5.17. The van der Waals surface area contributed by atoms with Crippen LogP contribution in [0.5, 0.6) is 11.5 Å². The normalized spacial score (nSPS) is 10.2. The standard InChI is InChI=1S/C15H22O4/c1-3-5-10-18-12-8-7-9-13(14(12)15(16)17)19-11-6-4-2/h7-9H,3-6,10-11H2,1-2H3,(H,16,17). The van der Waals surface area contributed by atoms with Gasteiger partial charge in [0.2, 0.25) is 0 Å². The fraction of sp³-hybridized carbons (Fsp3) is 0.533. The Morgan fingerprint density at radius 1 is 1.05 bits per heavy atom. The smallest absolute Gasteiger partial charge is 0.343 e. The molecule has 1 rings (SSSR count). The van der Waals surface area contributed by atoms with Crippen LogP contribution in [0.25, 0.3) is 0 Å². The Balaban J connectivity index is 2.84. The molecule has 0 aliphatic rings. The molecule has 0 spiro atoms. The number of carbonyl (C=O) groups is 1. The van der Waals surface area contributed by atoms with Gasteiger partial charge in [-0.3, -0.25) is 0 Å². The Morgan fingerprint density at radius 2 is 1.53 bits per heavy atom. The molecule has 106 valence electrons. The Bertz CT molecular complexity index is 373. The average molecular weight is 266 g/mol. The van der Waals surface area contributed by atoms with Crippen LogP contribution in [0.1, 0.15) is 49.9 Å². The van der Waals surface area contributed by atoms with Gasteiger partial charge in [-0.15, -0.1) is 0 Å². The molecule has 1 aromatic rings. The van der Waals surface area contributed by atoms with E-state index in [1.807, 2.05) is 0 Å². The highest BCUT2D eigenvalue weighted by atomic mass is 16.5. The largest absolute Gasteiger partial charge is 0.493 e. The molecule has 4 heteroatoms. The van der Waals surface area contributed by atoms with E-state index in [4.69, 9.17) is 9.47 Å². The molecule has 0 aliphatic heterocycles. The molecule has 0 atom stereocenters. The van der Waals surface area contributed by atoms with Crippen LogP contribution in [-0.2, 0) is 0 Å². The molecular weight excluding hydrogens is 244 g/mol. The number of unbranched alkanes of at least 4 members (excludes halogenated alkanes) is 2. The Kier molecular flexibility index (Phi) is 6.79. The van der Waals surface area contributed by atoms with E-state index in [1.54, 1.807) is 18.2 Å². The highest BCUT2D eigenvalue weighted by molar-refractivity contribution is 5.94. The van der Waals surface area contributed by atoms with Crippen LogP contribution < -0.4 is 9.47 Å². The number of hydrogen-bond acceptors (Lipinski definition) is 3. The van der Waals surface area contributed by atoms with E-state index in [2.05, 4.69) is 13.8 Å². The third-order valence-corrected chi connectivity index (χ3v) is 2.71. The predicted molar refractivity (Wildman–Crippen MR) is 74.2 cm³/mol. The second-order valence-corrected chi connectivity index (χ2v) is 4.34. The van der Waals surface area contributed by atoms with Crippen molar-refractivity contribution in [2.75, 3.05) is 13.2 Å². The summed E-state index contributed by atoms with van der Waals surface area (Å²) in [6, 6.07) is 5.10. The summed E-state index contributed by atoms with van der Waals surface area (Å²) in [7, 11) is 0. The molecule has 0 fully saturated rings. The fourth-order valence-corrected chi connectivity index (χ4v) is 1.62. The van der Waals surface area contributed by atoms with Crippen LogP contribution in [-0.4, -0.2) is 24.3 Å². The topological polar surface area (TPSA) is 55.8 Å². The van der Waals surface area contributed by atoms with Gasteiger partial charge >= 0.3 is 5.97 Å². The third-order valence-electron chi connectivity index (χ3n) is 2.71. The second kappa shape index (κ2) is 8.40. The number of carboxylic acid groups (broad SMARTS) is 1. The summed E-state index contributed by atoms with van der Waals surface area (Å²) in [5.41, 5.74) is 0.120. The van der Waals surface area contributed by atoms with Crippen molar-refractivity contribution in [1.29, 1.82) is 0 Å². The van der Waals surface area contributed by atoms with Crippen molar-refractivity contribution >= 4 is 5.97 Å². The first-order chi connectivity index (χ1) is 9.20. The lowest BCUT2D eigenvalue weighted by atomic mass is 10.1. The summed E-state index contributed by atoms with van der Waals surface area (Å²) < 4.78 is 11.0. The maximum absolute atomic E-state index is 11.3. The van der Waals surface area contributed by atoms with E-state index in [9.17, 15) is 9.90 Å². The van der Waals surface area contributed by atoms with E-state index in [0.29, 0.717) is 24.7 Å². The summed E-state index contributed by atoms with van der Waals surface area (Å²) in [6.07, 6.45) is 3.82. The van der Waals surface area contributed by atoms with Crippen molar-refractivity contribution in [3.63, 3.8) is 0 Å². The highest BCUT2D eigenvalue weighted by Gasteiger charge is 2.17. The minimum atomic E-state index is -1.02. The SMILES string of the molecule is CCCCOc1cccc(OCCCC)c1C(=O)O. The average Bonchev–Trinajstić information content (AvgIpc) is 2.39. The van der Waals surface area contributed by atoms with Crippen LogP contribution in [0, 0.1) is 0 Å². The lowest BCUT2D eigenvalue weighted by Gasteiger charge is -2.13. The second-order valence-electron chi connectivity index (χ2n) is 4.34. The first-order valence-corrected chi connectivity index (χ1v) is 6.82. The van der Waals surface area contributed by atoms with E-state index in [1.165, 1.54) is 0 Å². The number of ether oxygens (including phenoxy) is 2. The van der Waals surface area contributed by atoms with Gasteiger partial charge in [0, 0.05) is 0 Å². The molecule has 0 saturated carbocycles. The number of hydrogen-bond donors (Lipinski definition) is 1. The molecule has 0 amide bonds. The van der Waals surface area contributed by atoms with Crippen LogP contribution >= 0.6 is 0 Å². The fourth-order valence-electron chi connectivity index (χ4n) is 1.62. The predicted octanol–water partition coefficient (Wildman–Crippen LogP) is 3.74. The quantitative estimate of drug-likeness (QED) is 0.692. The summed E-state index contributed by atoms with van der Waals surface area (Å²) in [4.78, 5) is 11.3. The molecule has 0 bridgehead atoms. The molecule has 0 saturated heterocycles. The lowest BCUT2D eigenvalue weighted by Crippen LogP contribution is -2.08.